The zero-order valence-corrected chi connectivity index (χ0v) is 11.1. The van der Waals surface area contributed by atoms with Gasteiger partial charge in [-0.1, -0.05) is 5.16 Å². The van der Waals surface area contributed by atoms with Crippen molar-refractivity contribution in [3.8, 4) is 12.1 Å². The molecule has 0 atom stereocenters. The van der Waals surface area contributed by atoms with Crippen LogP contribution in [0.15, 0.2) is 28.8 Å². The number of benzene rings is 1. The van der Waals surface area contributed by atoms with Crippen LogP contribution in [0.25, 0.3) is 0 Å². The Morgan fingerprint density at radius 1 is 1.33 bits per heavy atom. The fraction of sp³-hybridized carbons (Fsp3) is 0.143. The summed E-state index contributed by atoms with van der Waals surface area (Å²) in [5.74, 6) is -0.0464. The molecule has 2 rings (SSSR count). The highest BCUT2D eigenvalue weighted by molar-refractivity contribution is 6.02. The minimum atomic E-state index is -0.477. The van der Waals surface area contributed by atoms with Crippen molar-refractivity contribution in [1.29, 1.82) is 10.5 Å². The van der Waals surface area contributed by atoms with Gasteiger partial charge in [0.05, 0.1) is 11.1 Å². The highest BCUT2D eigenvalue weighted by Crippen LogP contribution is 2.16. The van der Waals surface area contributed by atoms with Crippen molar-refractivity contribution in [2.75, 3.05) is 12.4 Å². The number of hydrogen-bond donors (Lipinski definition) is 1. The molecule has 1 heterocycles. The molecule has 0 bridgehead atoms. The van der Waals surface area contributed by atoms with Crippen molar-refractivity contribution in [1.82, 2.24) is 5.16 Å². The first-order valence-corrected chi connectivity index (χ1v) is 5.88. The van der Waals surface area contributed by atoms with Crippen LogP contribution < -0.4 is 5.32 Å². The van der Waals surface area contributed by atoms with E-state index in [1.807, 2.05) is 12.1 Å². The Morgan fingerprint density at radius 2 is 2.10 bits per heavy atom. The number of ether oxygens (including phenoxy) is 1. The van der Waals surface area contributed by atoms with E-state index in [9.17, 15) is 4.79 Å². The number of methoxy groups -OCH3 is 1. The van der Waals surface area contributed by atoms with Crippen LogP contribution in [0.2, 0.25) is 0 Å². The largest absolute Gasteiger partial charge is 0.377 e. The maximum Gasteiger partial charge on any atom is 0.277 e. The molecule has 1 N–H and O–H groups in total. The van der Waals surface area contributed by atoms with Gasteiger partial charge in [0, 0.05) is 18.9 Å². The zero-order valence-electron chi connectivity index (χ0n) is 11.1. The smallest absolute Gasteiger partial charge is 0.277 e. The van der Waals surface area contributed by atoms with Gasteiger partial charge in [-0.15, -0.1) is 0 Å². The zero-order chi connectivity index (χ0) is 15.2. The Balaban J connectivity index is 2.16. The Hall–Kier alpha value is -3.16. The number of nitrogens with one attached hydrogen (secondary N) is 1. The van der Waals surface area contributed by atoms with Crippen molar-refractivity contribution in [3.05, 3.63) is 46.8 Å². The minimum Gasteiger partial charge on any atom is -0.377 e. The first kappa shape index (κ1) is 14.3. The van der Waals surface area contributed by atoms with Crippen LogP contribution in [0.5, 0.6) is 0 Å². The molecule has 0 aliphatic rings. The van der Waals surface area contributed by atoms with Crippen LogP contribution in [-0.2, 0) is 11.3 Å². The van der Waals surface area contributed by atoms with Gasteiger partial charge in [0.1, 0.15) is 18.7 Å². The van der Waals surface area contributed by atoms with Crippen LogP contribution >= 0.6 is 0 Å². The van der Waals surface area contributed by atoms with E-state index in [0.29, 0.717) is 11.4 Å². The lowest BCUT2D eigenvalue weighted by Crippen LogP contribution is -2.12. The normalized spacial score (nSPS) is 9.67. The Morgan fingerprint density at radius 3 is 2.76 bits per heavy atom. The van der Waals surface area contributed by atoms with Gasteiger partial charge in [-0.2, -0.15) is 10.5 Å². The average Bonchev–Trinajstić information content (AvgIpc) is 2.96. The number of nitriles is 2. The van der Waals surface area contributed by atoms with Crippen molar-refractivity contribution in [2.24, 2.45) is 0 Å². The number of rotatable bonds is 4. The second kappa shape index (κ2) is 6.33. The lowest BCUT2D eigenvalue weighted by molar-refractivity contribution is 0.101. The topological polar surface area (TPSA) is 112 Å². The molecule has 0 aliphatic carbocycles. The predicted molar refractivity (Wildman–Crippen MR) is 71.0 cm³/mol. The van der Waals surface area contributed by atoms with Gasteiger partial charge in [0.15, 0.2) is 11.5 Å². The lowest BCUT2D eigenvalue weighted by atomic mass is 10.1. The molecule has 0 spiro atoms. The second-order valence-electron chi connectivity index (χ2n) is 4.05. The third-order valence-corrected chi connectivity index (χ3v) is 2.60. The average molecular weight is 282 g/mol. The van der Waals surface area contributed by atoms with Gasteiger partial charge in [-0.25, -0.2) is 0 Å². The molecule has 0 fully saturated rings. The highest BCUT2D eigenvalue weighted by Gasteiger charge is 2.13. The molecule has 1 aromatic heterocycles. The summed E-state index contributed by atoms with van der Waals surface area (Å²) < 4.78 is 9.78. The number of anilines is 1. The van der Waals surface area contributed by atoms with Gasteiger partial charge in [0.25, 0.3) is 5.91 Å². The molecule has 1 amide bonds. The van der Waals surface area contributed by atoms with Gasteiger partial charge in [-0.05, 0) is 18.2 Å². The summed E-state index contributed by atoms with van der Waals surface area (Å²) in [6.45, 7) is 0.218. The second-order valence-corrected chi connectivity index (χ2v) is 4.05. The summed E-state index contributed by atoms with van der Waals surface area (Å²) in [6.07, 6.45) is 0. The fourth-order valence-electron chi connectivity index (χ4n) is 1.64. The third kappa shape index (κ3) is 3.24. The maximum atomic E-state index is 12.0. The molecule has 1 aromatic carbocycles. The van der Waals surface area contributed by atoms with Crippen molar-refractivity contribution >= 4 is 11.6 Å². The first-order chi connectivity index (χ1) is 10.2. The molecule has 2 aromatic rings. The van der Waals surface area contributed by atoms with E-state index < -0.39 is 5.91 Å². The van der Waals surface area contributed by atoms with E-state index in [2.05, 4.69) is 10.5 Å². The van der Waals surface area contributed by atoms with E-state index in [-0.39, 0.29) is 23.4 Å². The quantitative estimate of drug-likeness (QED) is 0.915. The van der Waals surface area contributed by atoms with Crippen LogP contribution in [0.3, 0.4) is 0 Å². The highest BCUT2D eigenvalue weighted by atomic mass is 16.5. The Labute approximate surface area is 120 Å². The van der Waals surface area contributed by atoms with Crippen molar-refractivity contribution in [2.45, 2.75) is 6.61 Å². The van der Waals surface area contributed by atoms with Crippen LogP contribution in [-0.4, -0.2) is 18.2 Å². The van der Waals surface area contributed by atoms with Gasteiger partial charge < -0.3 is 14.6 Å². The van der Waals surface area contributed by atoms with Gasteiger partial charge in [0.2, 0.25) is 0 Å². The Bertz CT molecular complexity index is 752. The number of amides is 1. The van der Waals surface area contributed by atoms with Gasteiger partial charge in [-0.3, -0.25) is 4.79 Å². The van der Waals surface area contributed by atoms with Crippen LogP contribution in [0.1, 0.15) is 27.4 Å². The molecular weight excluding hydrogens is 272 g/mol. The number of aromatic nitrogens is 1. The van der Waals surface area contributed by atoms with Crippen LogP contribution in [0.4, 0.5) is 5.69 Å². The van der Waals surface area contributed by atoms with E-state index in [1.165, 1.54) is 31.4 Å². The molecule has 0 radical (unpaired) electrons. The first-order valence-electron chi connectivity index (χ1n) is 5.88. The Kier molecular flexibility index (Phi) is 4.30. The standard InChI is InChI=1S/C14H10N4O3/c1-20-8-12-5-13(18-21-12)14(19)17-11-3-2-9(6-15)10(4-11)7-16/h2-5H,8H2,1H3,(H,17,19). The summed E-state index contributed by atoms with van der Waals surface area (Å²) in [4.78, 5) is 12.0. The summed E-state index contributed by atoms with van der Waals surface area (Å²) in [6, 6.07) is 9.69. The molecule has 0 saturated carbocycles. The SMILES string of the molecule is COCc1cc(C(=O)Nc2ccc(C#N)c(C#N)c2)no1. The maximum absolute atomic E-state index is 12.0. The molecule has 0 aliphatic heterocycles. The van der Waals surface area contributed by atoms with Crippen molar-refractivity contribution in [3.63, 3.8) is 0 Å². The molecule has 0 saturated heterocycles. The van der Waals surface area contributed by atoms with Crippen LogP contribution in [0, 0.1) is 22.7 Å². The summed E-state index contributed by atoms with van der Waals surface area (Å²) in [5, 5.41) is 24.0. The van der Waals surface area contributed by atoms with Crippen molar-refractivity contribution < 1.29 is 14.1 Å². The monoisotopic (exact) mass is 282 g/mol. The summed E-state index contributed by atoms with van der Waals surface area (Å²) in [5.41, 5.74) is 0.937. The number of hydrogen-bond acceptors (Lipinski definition) is 6. The van der Waals surface area contributed by atoms with E-state index in [1.54, 1.807) is 0 Å². The molecule has 0 unspecified atom stereocenters. The summed E-state index contributed by atoms with van der Waals surface area (Å²) in [7, 11) is 1.50. The fourth-order valence-corrected chi connectivity index (χ4v) is 1.64. The predicted octanol–water partition coefficient (Wildman–Crippen LogP) is 1.82. The lowest BCUT2D eigenvalue weighted by Gasteiger charge is -2.03. The third-order valence-electron chi connectivity index (χ3n) is 2.60. The van der Waals surface area contributed by atoms with Gasteiger partial charge >= 0.3 is 0 Å². The molecule has 7 nitrogen and oxygen atoms in total. The van der Waals surface area contributed by atoms with E-state index in [0.717, 1.165) is 0 Å². The molecular formula is C14H10N4O3. The number of carbonyl (C=O) groups excluding carboxylic acids is 1. The number of carbonyl (C=O) groups is 1. The van der Waals surface area contributed by atoms with E-state index >= 15 is 0 Å². The van der Waals surface area contributed by atoms with E-state index in [4.69, 9.17) is 19.8 Å². The molecule has 7 heteroatoms. The minimum absolute atomic E-state index is 0.102. The molecule has 104 valence electrons. The summed E-state index contributed by atoms with van der Waals surface area (Å²) >= 11 is 0. The molecule has 21 heavy (non-hydrogen) atoms. The number of nitrogens with zero attached hydrogens (tertiary/aromatic N) is 3.